The van der Waals surface area contributed by atoms with Gasteiger partial charge in [0.05, 0.1) is 6.54 Å². The van der Waals surface area contributed by atoms with E-state index in [0.717, 1.165) is 5.82 Å². The van der Waals surface area contributed by atoms with Gasteiger partial charge in [-0.2, -0.15) is 4.31 Å². The summed E-state index contributed by atoms with van der Waals surface area (Å²) in [5, 5.41) is 0.271. The molecule has 0 saturated heterocycles. The zero-order valence-electron chi connectivity index (χ0n) is 9.90. The Labute approximate surface area is 115 Å². The van der Waals surface area contributed by atoms with Gasteiger partial charge < -0.3 is 4.57 Å². The Balaban J connectivity index is 1.92. The Kier molecular flexibility index (Phi) is 3.04. The third kappa shape index (κ3) is 2.24. The monoisotopic (exact) mass is 298 g/mol. The van der Waals surface area contributed by atoms with Crippen molar-refractivity contribution in [1.29, 1.82) is 0 Å². The molecule has 3 rings (SSSR count). The number of halogens is 1. The molecule has 1 aliphatic heterocycles. The third-order valence-electron chi connectivity index (χ3n) is 3.05. The molecule has 8 heteroatoms. The molecule has 0 unspecified atom stereocenters. The maximum atomic E-state index is 12.4. The summed E-state index contributed by atoms with van der Waals surface area (Å²) < 4.78 is 28.2. The summed E-state index contributed by atoms with van der Waals surface area (Å²) in [4.78, 5) is 8.11. The maximum Gasteiger partial charge on any atom is 0.245 e. The van der Waals surface area contributed by atoms with Crippen LogP contribution in [0.25, 0.3) is 0 Å². The normalized spacial score (nSPS) is 16.3. The molecule has 2 aromatic rings. The molecule has 0 N–H and O–H groups in total. The van der Waals surface area contributed by atoms with Crippen LogP contribution in [-0.2, 0) is 23.1 Å². The van der Waals surface area contributed by atoms with E-state index in [1.165, 1.54) is 22.6 Å². The minimum absolute atomic E-state index is 0.150. The van der Waals surface area contributed by atoms with Crippen LogP contribution >= 0.6 is 11.6 Å². The van der Waals surface area contributed by atoms with E-state index in [-0.39, 0.29) is 16.6 Å². The lowest BCUT2D eigenvalue weighted by molar-refractivity contribution is 0.335. The first-order valence-electron chi connectivity index (χ1n) is 5.69. The van der Waals surface area contributed by atoms with Crippen molar-refractivity contribution in [2.24, 2.45) is 0 Å². The van der Waals surface area contributed by atoms with Gasteiger partial charge in [-0.15, -0.1) is 0 Å². The molecule has 2 aromatic heterocycles. The second kappa shape index (κ2) is 4.59. The lowest BCUT2D eigenvalue weighted by Gasteiger charge is -2.26. The van der Waals surface area contributed by atoms with Gasteiger partial charge in [0, 0.05) is 31.7 Å². The minimum atomic E-state index is -3.54. The van der Waals surface area contributed by atoms with Gasteiger partial charge in [0.2, 0.25) is 10.0 Å². The Morgan fingerprint density at radius 3 is 2.79 bits per heavy atom. The van der Waals surface area contributed by atoms with Gasteiger partial charge in [-0.05, 0) is 12.1 Å². The molecule has 0 spiro atoms. The fourth-order valence-corrected chi connectivity index (χ4v) is 3.46. The molecule has 0 aromatic carbocycles. The Hall–Kier alpha value is -1.44. The molecule has 1 aliphatic rings. The molecule has 19 heavy (non-hydrogen) atoms. The van der Waals surface area contributed by atoms with Gasteiger partial charge in [0.25, 0.3) is 0 Å². The van der Waals surface area contributed by atoms with Gasteiger partial charge in [-0.1, -0.05) is 11.6 Å². The predicted molar refractivity (Wildman–Crippen MR) is 69.1 cm³/mol. The number of nitrogens with zero attached hydrogens (tertiary/aromatic N) is 4. The van der Waals surface area contributed by atoms with E-state index in [1.807, 2.05) is 10.8 Å². The zero-order valence-corrected chi connectivity index (χ0v) is 11.5. The number of aromatic nitrogens is 3. The fourth-order valence-electron chi connectivity index (χ4n) is 2.02. The molecule has 3 heterocycles. The van der Waals surface area contributed by atoms with Crippen molar-refractivity contribution in [3.05, 3.63) is 41.7 Å². The molecule has 0 bridgehead atoms. The summed E-state index contributed by atoms with van der Waals surface area (Å²) in [7, 11) is -3.54. The van der Waals surface area contributed by atoms with Crippen LogP contribution in [0.15, 0.2) is 35.6 Å². The van der Waals surface area contributed by atoms with Crippen molar-refractivity contribution in [2.45, 2.75) is 18.0 Å². The van der Waals surface area contributed by atoms with Crippen LogP contribution in [0.2, 0.25) is 5.15 Å². The van der Waals surface area contributed by atoms with Crippen LogP contribution in [0.4, 0.5) is 0 Å². The fraction of sp³-hybridized carbons (Fsp3) is 0.273. The van der Waals surface area contributed by atoms with Crippen LogP contribution in [0, 0.1) is 0 Å². The standard InChI is InChI=1S/C11H11ClN4O2S/c12-10-2-1-9(7-14-10)19(17,18)16-6-5-15-4-3-13-11(15)8-16/h1-4,7H,5-6,8H2. The number of hydrogen-bond acceptors (Lipinski definition) is 4. The quantitative estimate of drug-likeness (QED) is 0.780. The molecule has 0 radical (unpaired) electrons. The second-order valence-corrected chi connectivity index (χ2v) is 6.52. The number of fused-ring (bicyclic) bond motifs is 1. The molecule has 6 nitrogen and oxygen atoms in total. The zero-order chi connectivity index (χ0) is 13.5. The lowest BCUT2D eigenvalue weighted by Crippen LogP contribution is -2.38. The van der Waals surface area contributed by atoms with Crippen LogP contribution in [0.5, 0.6) is 0 Å². The molecule has 0 amide bonds. The number of pyridine rings is 1. The highest BCUT2D eigenvalue weighted by Gasteiger charge is 2.28. The Bertz CT molecular complexity index is 696. The Morgan fingerprint density at radius 2 is 2.05 bits per heavy atom. The largest absolute Gasteiger partial charge is 0.333 e. The number of imidazole rings is 1. The predicted octanol–water partition coefficient (Wildman–Crippen LogP) is 1.14. The summed E-state index contributed by atoms with van der Waals surface area (Å²) in [5.74, 6) is 0.747. The van der Waals surface area contributed by atoms with Crippen molar-refractivity contribution < 1.29 is 8.42 Å². The second-order valence-electron chi connectivity index (χ2n) is 4.19. The van der Waals surface area contributed by atoms with Gasteiger partial charge >= 0.3 is 0 Å². The van der Waals surface area contributed by atoms with E-state index in [0.29, 0.717) is 13.1 Å². The van der Waals surface area contributed by atoms with Gasteiger partial charge in [-0.3, -0.25) is 0 Å². The SMILES string of the molecule is O=S(=O)(c1ccc(Cl)nc1)N1CCn2ccnc2C1. The lowest BCUT2D eigenvalue weighted by atomic mass is 10.4. The molecule has 0 saturated carbocycles. The molecular formula is C11H11ClN4O2S. The van der Waals surface area contributed by atoms with Crippen molar-refractivity contribution in [1.82, 2.24) is 18.8 Å². The molecule has 0 fully saturated rings. The first-order chi connectivity index (χ1) is 9.07. The third-order valence-corrected chi connectivity index (χ3v) is 5.10. The van der Waals surface area contributed by atoms with Crippen molar-refractivity contribution >= 4 is 21.6 Å². The number of rotatable bonds is 2. The highest BCUT2D eigenvalue weighted by Crippen LogP contribution is 2.21. The number of sulfonamides is 1. The summed E-state index contributed by atoms with van der Waals surface area (Å²) in [6.45, 7) is 1.31. The molecule has 0 aliphatic carbocycles. The van der Waals surface area contributed by atoms with Crippen LogP contribution in [-0.4, -0.2) is 33.8 Å². The van der Waals surface area contributed by atoms with Gasteiger partial charge in [0.1, 0.15) is 15.9 Å². The summed E-state index contributed by atoms with van der Waals surface area (Å²) in [6.07, 6.45) is 4.80. The average molecular weight is 299 g/mol. The summed E-state index contributed by atoms with van der Waals surface area (Å²) in [6, 6.07) is 2.94. The molecule has 0 atom stereocenters. The van der Waals surface area contributed by atoms with E-state index in [9.17, 15) is 8.42 Å². The van der Waals surface area contributed by atoms with Crippen LogP contribution in [0.1, 0.15) is 5.82 Å². The minimum Gasteiger partial charge on any atom is -0.333 e. The van der Waals surface area contributed by atoms with Crippen LogP contribution in [0.3, 0.4) is 0 Å². The summed E-state index contributed by atoms with van der Waals surface area (Å²) >= 11 is 5.67. The first-order valence-corrected chi connectivity index (χ1v) is 7.51. The highest BCUT2D eigenvalue weighted by atomic mass is 35.5. The first kappa shape index (κ1) is 12.6. The van der Waals surface area contributed by atoms with Crippen LogP contribution < -0.4 is 0 Å². The van der Waals surface area contributed by atoms with E-state index in [4.69, 9.17) is 11.6 Å². The topological polar surface area (TPSA) is 68.1 Å². The van der Waals surface area contributed by atoms with E-state index in [2.05, 4.69) is 9.97 Å². The average Bonchev–Trinajstić information content (AvgIpc) is 2.86. The molecular weight excluding hydrogens is 288 g/mol. The maximum absolute atomic E-state index is 12.4. The van der Waals surface area contributed by atoms with E-state index >= 15 is 0 Å². The Morgan fingerprint density at radius 1 is 1.21 bits per heavy atom. The smallest absolute Gasteiger partial charge is 0.245 e. The van der Waals surface area contributed by atoms with E-state index in [1.54, 1.807) is 6.20 Å². The van der Waals surface area contributed by atoms with Gasteiger partial charge in [0.15, 0.2) is 0 Å². The van der Waals surface area contributed by atoms with Crippen molar-refractivity contribution in [3.8, 4) is 0 Å². The van der Waals surface area contributed by atoms with E-state index < -0.39 is 10.0 Å². The molecule has 100 valence electrons. The van der Waals surface area contributed by atoms with Crippen molar-refractivity contribution in [2.75, 3.05) is 6.54 Å². The van der Waals surface area contributed by atoms with Gasteiger partial charge in [-0.25, -0.2) is 18.4 Å². The number of hydrogen-bond donors (Lipinski definition) is 0. The van der Waals surface area contributed by atoms with Crippen molar-refractivity contribution in [3.63, 3.8) is 0 Å². The summed E-state index contributed by atoms with van der Waals surface area (Å²) in [5.41, 5.74) is 0. The highest BCUT2D eigenvalue weighted by molar-refractivity contribution is 7.89.